The van der Waals surface area contributed by atoms with Gasteiger partial charge in [-0.1, -0.05) is 157 Å². The lowest BCUT2D eigenvalue weighted by atomic mass is 9.95. The van der Waals surface area contributed by atoms with Crippen molar-refractivity contribution < 1.29 is 26.4 Å². The summed E-state index contributed by atoms with van der Waals surface area (Å²) in [5, 5.41) is 0. The molecule has 8 nitrogen and oxygen atoms in total. The zero-order chi connectivity index (χ0) is 40.3. The van der Waals surface area contributed by atoms with E-state index in [0.717, 1.165) is 22.3 Å². The van der Waals surface area contributed by atoms with Gasteiger partial charge in [-0.05, 0) is 85.4 Å². The number of hydrogen-bond acceptors (Lipinski definition) is 6. The Balaban J connectivity index is 0.000000214. The molecule has 0 unspecified atom stereocenters. The molecule has 56 heavy (non-hydrogen) atoms. The molecule has 0 saturated carbocycles. The molecule has 0 aliphatic rings. The van der Waals surface area contributed by atoms with Crippen LogP contribution in [0.15, 0.2) is 180 Å². The van der Waals surface area contributed by atoms with Gasteiger partial charge in [-0.2, -0.15) is 0 Å². The van der Waals surface area contributed by atoms with Crippen molar-refractivity contribution in [3.8, 4) is 0 Å². The summed E-state index contributed by atoms with van der Waals surface area (Å²) >= 11 is 0. The lowest BCUT2D eigenvalue weighted by Gasteiger charge is -2.14. The number of hydrogen-bond donors (Lipinski definition) is 2. The third-order valence-electron chi connectivity index (χ3n) is 8.86. The molecule has 6 aromatic rings. The molecule has 0 fully saturated rings. The largest absolute Gasteiger partial charge is 0.268 e. The molecule has 2 amide bonds. The number of sulfonamides is 2. The Kier molecular flexibility index (Phi) is 13.3. The van der Waals surface area contributed by atoms with E-state index >= 15 is 0 Å². The van der Waals surface area contributed by atoms with Crippen LogP contribution < -0.4 is 9.44 Å². The van der Waals surface area contributed by atoms with Crippen molar-refractivity contribution in [3.05, 3.63) is 203 Å². The molecular weight excluding hydrogens is 741 g/mol. The Morgan fingerprint density at radius 1 is 0.375 bits per heavy atom. The molecule has 6 aromatic carbocycles. The number of nitrogens with one attached hydrogen (secondary N) is 2. The molecule has 0 aromatic heterocycles. The summed E-state index contributed by atoms with van der Waals surface area (Å²) in [5.41, 5.74) is 6.93. The molecule has 0 atom stereocenters. The summed E-state index contributed by atoms with van der Waals surface area (Å²) in [5.74, 6) is -1.32. The molecule has 0 radical (unpaired) electrons. The highest BCUT2D eigenvalue weighted by Gasteiger charge is 2.24. The molecule has 0 spiro atoms. The van der Waals surface area contributed by atoms with Crippen LogP contribution in [-0.2, 0) is 29.6 Å². The van der Waals surface area contributed by atoms with E-state index in [4.69, 9.17) is 0 Å². The van der Waals surface area contributed by atoms with Gasteiger partial charge in [0, 0.05) is 0 Å². The number of carbonyl (C=O) groups is 2. The first kappa shape index (κ1) is 40.8. The molecular formula is C46H42N2O6S2. The maximum Gasteiger partial charge on any atom is 0.265 e. The van der Waals surface area contributed by atoms with Gasteiger partial charge < -0.3 is 0 Å². The number of rotatable bonds is 10. The van der Waals surface area contributed by atoms with Gasteiger partial charge >= 0.3 is 0 Å². The first-order valence-corrected chi connectivity index (χ1v) is 20.6. The van der Waals surface area contributed by atoms with Crippen LogP contribution in [0.25, 0.3) is 22.3 Å². The minimum Gasteiger partial charge on any atom is -0.268 e. The Hall–Kier alpha value is -6.36. The Morgan fingerprint density at radius 3 is 0.893 bits per heavy atom. The highest BCUT2D eigenvalue weighted by atomic mass is 32.2. The van der Waals surface area contributed by atoms with E-state index in [0.29, 0.717) is 33.4 Å². The SMILES string of the molecule is C/C(=C(\C(=O)NS(=O)(=O)c1ccc(C)cc1)c1ccccc1)c1ccccc1.C/C(=C(\C(=O)NS(=O)(=O)c1ccc(C)cc1)c1ccccc1)c1ccccc1. The third kappa shape index (κ3) is 10.4. The maximum absolute atomic E-state index is 13.1. The fraction of sp³-hybridized carbons (Fsp3) is 0.0870. The standard InChI is InChI=1S/2C23H21NO3S/c2*1-17-13-15-21(16-14-17)28(26,27)24-23(25)22(20-11-7-4-8-12-20)18(2)19-9-5-3-6-10-19/h2*3-16H,1-2H3,(H,24,25)/b2*22-18+. The van der Waals surface area contributed by atoms with Gasteiger partial charge in [-0.3, -0.25) is 9.59 Å². The smallest absolute Gasteiger partial charge is 0.265 e. The minimum atomic E-state index is -3.98. The molecule has 284 valence electrons. The summed E-state index contributed by atoms with van der Waals surface area (Å²) < 4.78 is 55.2. The van der Waals surface area contributed by atoms with Crippen LogP contribution in [0.4, 0.5) is 0 Å². The van der Waals surface area contributed by atoms with Crippen molar-refractivity contribution in [1.29, 1.82) is 0 Å². The van der Waals surface area contributed by atoms with Crippen LogP contribution >= 0.6 is 0 Å². The van der Waals surface area contributed by atoms with Crippen molar-refractivity contribution in [2.24, 2.45) is 0 Å². The normalized spacial score (nSPS) is 12.2. The Morgan fingerprint density at radius 2 is 0.625 bits per heavy atom. The first-order chi connectivity index (χ1) is 26.8. The van der Waals surface area contributed by atoms with Gasteiger partial charge in [0.05, 0.1) is 20.9 Å². The molecule has 0 saturated heterocycles. The summed E-state index contributed by atoms with van der Waals surface area (Å²) in [7, 11) is -7.96. The Bertz CT molecular complexity index is 2390. The molecule has 0 aliphatic heterocycles. The zero-order valence-electron chi connectivity index (χ0n) is 31.4. The van der Waals surface area contributed by atoms with E-state index in [-0.39, 0.29) is 9.79 Å². The summed E-state index contributed by atoms with van der Waals surface area (Å²) in [6, 6.07) is 49.7. The van der Waals surface area contributed by atoms with Gasteiger partial charge in [0.1, 0.15) is 0 Å². The quantitative estimate of drug-likeness (QED) is 0.106. The van der Waals surface area contributed by atoms with Crippen LogP contribution in [0.2, 0.25) is 0 Å². The van der Waals surface area contributed by atoms with Crippen LogP contribution in [0.3, 0.4) is 0 Å². The molecule has 0 aliphatic carbocycles. The molecule has 10 heteroatoms. The fourth-order valence-corrected chi connectivity index (χ4v) is 7.73. The lowest BCUT2D eigenvalue weighted by molar-refractivity contribution is -0.114. The van der Waals surface area contributed by atoms with Crippen molar-refractivity contribution in [3.63, 3.8) is 0 Å². The van der Waals surface area contributed by atoms with E-state index in [1.807, 2.05) is 125 Å². The second-order valence-corrected chi connectivity index (χ2v) is 16.3. The topological polar surface area (TPSA) is 126 Å². The van der Waals surface area contributed by atoms with Crippen molar-refractivity contribution in [2.45, 2.75) is 37.5 Å². The summed E-state index contributed by atoms with van der Waals surface area (Å²) in [6.45, 7) is 7.37. The second-order valence-electron chi connectivity index (χ2n) is 13.0. The van der Waals surface area contributed by atoms with Crippen LogP contribution in [0.1, 0.15) is 47.2 Å². The van der Waals surface area contributed by atoms with Crippen LogP contribution in [-0.4, -0.2) is 28.6 Å². The highest BCUT2D eigenvalue weighted by Crippen LogP contribution is 2.28. The van der Waals surface area contributed by atoms with Gasteiger partial charge in [-0.15, -0.1) is 0 Å². The average Bonchev–Trinajstić information content (AvgIpc) is 3.20. The minimum absolute atomic E-state index is 0.0521. The van der Waals surface area contributed by atoms with Crippen LogP contribution in [0, 0.1) is 13.8 Å². The molecule has 2 N–H and O–H groups in total. The molecule has 6 rings (SSSR count). The van der Waals surface area contributed by atoms with Crippen molar-refractivity contribution in [2.75, 3.05) is 0 Å². The third-order valence-corrected chi connectivity index (χ3v) is 11.6. The number of carbonyl (C=O) groups excluding carboxylic acids is 2. The van der Waals surface area contributed by atoms with E-state index in [9.17, 15) is 26.4 Å². The van der Waals surface area contributed by atoms with Gasteiger partial charge in [-0.25, -0.2) is 26.3 Å². The molecule has 0 heterocycles. The number of allylic oxidation sites excluding steroid dienone is 2. The van der Waals surface area contributed by atoms with Crippen molar-refractivity contribution >= 4 is 54.2 Å². The van der Waals surface area contributed by atoms with Gasteiger partial charge in [0.15, 0.2) is 0 Å². The first-order valence-electron chi connectivity index (χ1n) is 17.7. The van der Waals surface area contributed by atoms with E-state index in [2.05, 4.69) is 9.44 Å². The van der Waals surface area contributed by atoms with Gasteiger partial charge in [0.2, 0.25) is 0 Å². The maximum atomic E-state index is 13.1. The summed E-state index contributed by atoms with van der Waals surface area (Å²) in [4.78, 5) is 26.2. The van der Waals surface area contributed by atoms with E-state index in [1.165, 1.54) is 24.3 Å². The lowest BCUT2D eigenvalue weighted by Crippen LogP contribution is -2.31. The van der Waals surface area contributed by atoms with E-state index < -0.39 is 31.9 Å². The number of benzene rings is 6. The predicted molar refractivity (Wildman–Crippen MR) is 224 cm³/mol. The predicted octanol–water partition coefficient (Wildman–Crippen LogP) is 8.86. The second kappa shape index (κ2) is 18.3. The fourth-order valence-electron chi connectivity index (χ4n) is 5.81. The molecule has 0 bridgehead atoms. The van der Waals surface area contributed by atoms with E-state index in [1.54, 1.807) is 48.5 Å². The monoisotopic (exact) mass is 782 g/mol. The Labute approximate surface area is 329 Å². The average molecular weight is 783 g/mol. The van der Waals surface area contributed by atoms with Gasteiger partial charge in [0.25, 0.3) is 31.9 Å². The van der Waals surface area contributed by atoms with Crippen molar-refractivity contribution in [1.82, 2.24) is 9.44 Å². The number of amides is 2. The zero-order valence-corrected chi connectivity index (χ0v) is 33.1. The van der Waals surface area contributed by atoms with Crippen LogP contribution in [0.5, 0.6) is 0 Å². The highest BCUT2D eigenvalue weighted by molar-refractivity contribution is 7.90. The number of aryl methyl sites for hydroxylation is 2. The summed E-state index contributed by atoms with van der Waals surface area (Å²) in [6.07, 6.45) is 0.